The number of para-hydroxylation sites is 1. The summed E-state index contributed by atoms with van der Waals surface area (Å²) in [5, 5.41) is 14.1. The molecule has 126 valence electrons. The van der Waals surface area contributed by atoms with E-state index >= 15 is 0 Å². The number of carbonyl (C=O) groups excluding carboxylic acids is 1. The summed E-state index contributed by atoms with van der Waals surface area (Å²) >= 11 is 0. The molecule has 0 spiro atoms. The molecular formula is C20H24N2O2. The molecule has 0 fully saturated rings. The molecule has 1 amide bonds. The quantitative estimate of drug-likeness (QED) is 0.653. The zero-order valence-corrected chi connectivity index (χ0v) is 14.6. The van der Waals surface area contributed by atoms with Crippen molar-refractivity contribution < 1.29 is 9.90 Å². The van der Waals surface area contributed by atoms with Crippen LogP contribution < -0.4 is 5.43 Å². The van der Waals surface area contributed by atoms with Crippen molar-refractivity contribution in [2.24, 2.45) is 5.10 Å². The molecule has 0 radical (unpaired) electrons. The third-order valence-electron chi connectivity index (χ3n) is 3.86. The molecule has 0 atom stereocenters. The van der Waals surface area contributed by atoms with E-state index in [1.807, 2.05) is 25.1 Å². The molecule has 0 aromatic heterocycles. The van der Waals surface area contributed by atoms with Crippen LogP contribution in [0.2, 0.25) is 0 Å². The summed E-state index contributed by atoms with van der Waals surface area (Å²) in [6.07, 6.45) is 0.598. The van der Waals surface area contributed by atoms with E-state index in [0.29, 0.717) is 23.3 Å². The van der Waals surface area contributed by atoms with E-state index < -0.39 is 0 Å². The Labute approximate surface area is 143 Å². The molecule has 0 bridgehead atoms. The molecule has 0 aliphatic carbocycles. The molecule has 0 aliphatic heterocycles. The van der Waals surface area contributed by atoms with Crippen molar-refractivity contribution in [2.45, 2.75) is 39.5 Å². The summed E-state index contributed by atoms with van der Waals surface area (Å²) in [4.78, 5) is 12.3. The molecule has 0 heterocycles. The molecule has 4 nitrogen and oxygen atoms in total. The number of benzene rings is 2. The number of phenols is 1. The summed E-state index contributed by atoms with van der Waals surface area (Å²) in [5.74, 6) is -0.112. The lowest BCUT2D eigenvalue weighted by molar-refractivity contribution is 0.0954. The lowest BCUT2D eigenvalue weighted by atomic mass is 9.87. The van der Waals surface area contributed by atoms with Crippen molar-refractivity contribution in [2.75, 3.05) is 0 Å². The van der Waals surface area contributed by atoms with E-state index in [1.54, 1.807) is 30.3 Å². The molecule has 0 saturated carbocycles. The predicted molar refractivity (Wildman–Crippen MR) is 97.5 cm³/mol. The fourth-order valence-corrected chi connectivity index (χ4v) is 2.35. The topological polar surface area (TPSA) is 61.7 Å². The maximum absolute atomic E-state index is 12.3. The molecule has 2 aromatic carbocycles. The third-order valence-corrected chi connectivity index (χ3v) is 3.86. The van der Waals surface area contributed by atoms with Crippen molar-refractivity contribution in [1.29, 1.82) is 0 Å². The van der Waals surface area contributed by atoms with E-state index in [2.05, 4.69) is 31.3 Å². The van der Waals surface area contributed by atoms with Gasteiger partial charge in [-0.1, -0.05) is 52.0 Å². The first-order chi connectivity index (χ1) is 11.3. The van der Waals surface area contributed by atoms with E-state index in [-0.39, 0.29) is 17.1 Å². The van der Waals surface area contributed by atoms with Crippen LogP contribution in [0.4, 0.5) is 0 Å². The van der Waals surface area contributed by atoms with Crippen molar-refractivity contribution in [3.05, 3.63) is 65.2 Å². The zero-order chi connectivity index (χ0) is 17.7. The molecule has 2 rings (SSSR count). The van der Waals surface area contributed by atoms with Gasteiger partial charge in [-0.15, -0.1) is 0 Å². The average Bonchev–Trinajstić information content (AvgIpc) is 2.56. The van der Waals surface area contributed by atoms with Crippen LogP contribution in [-0.2, 0) is 5.41 Å². The Balaban J connectivity index is 2.15. The molecular weight excluding hydrogens is 300 g/mol. The zero-order valence-electron chi connectivity index (χ0n) is 14.6. The third kappa shape index (κ3) is 4.22. The number of amides is 1. The van der Waals surface area contributed by atoms with Crippen LogP contribution in [-0.4, -0.2) is 16.7 Å². The van der Waals surface area contributed by atoms with Gasteiger partial charge in [-0.25, -0.2) is 5.43 Å². The number of nitrogens with zero attached hydrogens (tertiary/aromatic N) is 1. The number of nitrogens with one attached hydrogen (secondary N) is 1. The SMILES string of the molecule is CC/C(=N\NC(=O)c1ccc(C(C)(C)C)cc1)c1ccccc1O. The summed E-state index contributed by atoms with van der Waals surface area (Å²) in [6.45, 7) is 8.32. The Hall–Kier alpha value is -2.62. The Morgan fingerprint density at radius 1 is 1.08 bits per heavy atom. The maximum Gasteiger partial charge on any atom is 0.271 e. The fourth-order valence-electron chi connectivity index (χ4n) is 2.35. The minimum Gasteiger partial charge on any atom is -0.507 e. The van der Waals surface area contributed by atoms with Crippen LogP contribution in [0.1, 0.15) is 55.6 Å². The van der Waals surface area contributed by atoms with Gasteiger partial charge < -0.3 is 5.11 Å². The number of carbonyl (C=O) groups is 1. The average molecular weight is 324 g/mol. The van der Waals surface area contributed by atoms with Crippen LogP contribution in [0.15, 0.2) is 53.6 Å². The van der Waals surface area contributed by atoms with E-state index in [4.69, 9.17) is 0 Å². The minimum absolute atomic E-state index is 0.0490. The highest BCUT2D eigenvalue weighted by atomic mass is 16.3. The number of aromatic hydroxyl groups is 1. The van der Waals surface area contributed by atoms with Gasteiger partial charge in [0.05, 0.1) is 5.71 Å². The molecule has 0 saturated heterocycles. The van der Waals surface area contributed by atoms with Crippen LogP contribution in [0.25, 0.3) is 0 Å². The molecule has 24 heavy (non-hydrogen) atoms. The van der Waals surface area contributed by atoms with Gasteiger partial charge in [0.2, 0.25) is 0 Å². The normalized spacial score (nSPS) is 12.1. The Morgan fingerprint density at radius 3 is 2.25 bits per heavy atom. The van der Waals surface area contributed by atoms with E-state index in [0.717, 1.165) is 0 Å². The lowest BCUT2D eigenvalue weighted by Crippen LogP contribution is -2.20. The number of rotatable bonds is 4. The molecule has 0 unspecified atom stereocenters. The Bertz CT molecular complexity index is 741. The van der Waals surface area contributed by atoms with Crippen LogP contribution in [0.3, 0.4) is 0 Å². The van der Waals surface area contributed by atoms with E-state index in [9.17, 15) is 9.90 Å². The standard InChI is InChI=1S/C20H24N2O2/c1-5-17(16-8-6-7-9-18(16)23)21-22-19(24)14-10-12-15(13-11-14)20(2,3)4/h6-13,23H,5H2,1-4H3,(H,22,24)/b21-17+. The van der Waals surface area contributed by atoms with Crippen LogP contribution in [0.5, 0.6) is 5.75 Å². The first-order valence-corrected chi connectivity index (χ1v) is 8.08. The number of hydrogen-bond acceptors (Lipinski definition) is 3. The Kier molecular flexibility index (Phi) is 5.39. The maximum atomic E-state index is 12.3. The van der Waals surface area contributed by atoms with Gasteiger partial charge >= 0.3 is 0 Å². The van der Waals surface area contributed by atoms with Gasteiger partial charge in [0.1, 0.15) is 5.75 Å². The van der Waals surface area contributed by atoms with Gasteiger partial charge in [-0.2, -0.15) is 5.10 Å². The largest absolute Gasteiger partial charge is 0.507 e. The van der Waals surface area contributed by atoms with Crippen molar-refractivity contribution in [3.8, 4) is 5.75 Å². The predicted octanol–water partition coefficient (Wildman–Crippen LogP) is 4.23. The monoisotopic (exact) mass is 324 g/mol. The summed E-state index contributed by atoms with van der Waals surface area (Å²) in [7, 11) is 0. The lowest BCUT2D eigenvalue weighted by Gasteiger charge is -2.18. The van der Waals surface area contributed by atoms with Crippen LogP contribution in [0, 0.1) is 0 Å². The van der Waals surface area contributed by atoms with Crippen molar-refractivity contribution in [3.63, 3.8) is 0 Å². The van der Waals surface area contributed by atoms with Gasteiger partial charge in [0.15, 0.2) is 0 Å². The van der Waals surface area contributed by atoms with Crippen molar-refractivity contribution in [1.82, 2.24) is 5.43 Å². The molecule has 2 aromatic rings. The molecule has 0 aliphatic rings. The first kappa shape index (κ1) is 17.7. The summed E-state index contributed by atoms with van der Waals surface area (Å²) in [6, 6.07) is 14.5. The summed E-state index contributed by atoms with van der Waals surface area (Å²) in [5.41, 5.74) is 5.61. The van der Waals surface area contributed by atoms with Gasteiger partial charge in [-0.05, 0) is 41.7 Å². The Morgan fingerprint density at radius 2 is 1.71 bits per heavy atom. The fraction of sp³-hybridized carbons (Fsp3) is 0.300. The van der Waals surface area contributed by atoms with E-state index in [1.165, 1.54) is 5.56 Å². The number of phenolic OH excluding ortho intramolecular Hbond substituents is 1. The number of hydrazone groups is 1. The van der Waals surface area contributed by atoms with Crippen molar-refractivity contribution >= 4 is 11.6 Å². The van der Waals surface area contributed by atoms with Crippen LogP contribution >= 0.6 is 0 Å². The second-order valence-electron chi connectivity index (χ2n) is 6.70. The minimum atomic E-state index is -0.267. The highest BCUT2D eigenvalue weighted by Crippen LogP contribution is 2.22. The summed E-state index contributed by atoms with van der Waals surface area (Å²) < 4.78 is 0. The highest BCUT2D eigenvalue weighted by molar-refractivity contribution is 6.03. The second-order valence-corrected chi connectivity index (χ2v) is 6.70. The van der Waals surface area contributed by atoms with Gasteiger partial charge in [0.25, 0.3) is 5.91 Å². The smallest absolute Gasteiger partial charge is 0.271 e. The second kappa shape index (κ2) is 7.30. The van der Waals surface area contributed by atoms with Gasteiger partial charge in [0, 0.05) is 11.1 Å². The highest BCUT2D eigenvalue weighted by Gasteiger charge is 2.14. The molecule has 2 N–H and O–H groups in total. The number of hydrogen-bond donors (Lipinski definition) is 2. The van der Waals surface area contributed by atoms with Gasteiger partial charge in [-0.3, -0.25) is 4.79 Å². The first-order valence-electron chi connectivity index (χ1n) is 8.08. The molecule has 4 heteroatoms.